The maximum absolute atomic E-state index is 2.56. The molecule has 0 spiro atoms. The maximum atomic E-state index is 2.56. The van der Waals surface area contributed by atoms with E-state index in [1.807, 2.05) is 0 Å². The Labute approximate surface area is 102 Å². The Kier molecular flexibility index (Phi) is 3.49. The second kappa shape index (κ2) is 3.99. The van der Waals surface area contributed by atoms with Crippen molar-refractivity contribution in [2.75, 3.05) is 27.7 Å². The summed E-state index contributed by atoms with van der Waals surface area (Å²) in [6.07, 6.45) is 2.60. The van der Waals surface area contributed by atoms with Crippen LogP contribution >= 0.6 is 0 Å². The fourth-order valence-electron chi connectivity index (χ4n) is 3.07. The zero-order valence-electron chi connectivity index (χ0n) is 12.6. The van der Waals surface area contributed by atoms with Crippen molar-refractivity contribution < 1.29 is 4.48 Å². The number of hydrogen-bond acceptors (Lipinski definition) is 1. The fraction of sp³-hybridized carbons (Fsp3) is 1.00. The number of piperidine rings is 1. The molecule has 0 atom stereocenters. The second-order valence-electron chi connectivity index (χ2n) is 7.34. The van der Waals surface area contributed by atoms with Gasteiger partial charge in [0.1, 0.15) is 0 Å². The average molecular weight is 227 g/mol. The molecule has 2 heteroatoms. The minimum Gasteiger partial charge on any atom is -0.326 e. The van der Waals surface area contributed by atoms with Crippen LogP contribution in [0.2, 0.25) is 0 Å². The topological polar surface area (TPSA) is 3.24 Å². The lowest BCUT2D eigenvalue weighted by Gasteiger charge is -2.56. The molecule has 1 heterocycles. The summed E-state index contributed by atoms with van der Waals surface area (Å²) in [5, 5.41) is 0. The van der Waals surface area contributed by atoms with Crippen molar-refractivity contribution in [2.24, 2.45) is 0 Å². The predicted octanol–water partition coefficient (Wildman–Crippen LogP) is 2.73. The highest BCUT2D eigenvalue weighted by Crippen LogP contribution is 2.39. The molecular formula is C14H31N2+. The number of rotatable bonds is 2. The Balaban J connectivity index is 2.95. The average Bonchev–Trinajstić information content (AvgIpc) is 2.13. The van der Waals surface area contributed by atoms with E-state index in [0.29, 0.717) is 11.1 Å². The SMILES string of the molecule is CC[N+](C)(C)C1CC(C)(C)N(C)C(C)(C)C1. The van der Waals surface area contributed by atoms with Crippen LogP contribution in [0, 0.1) is 0 Å². The summed E-state index contributed by atoms with van der Waals surface area (Å²) in [5.74, 6) is 0. The van der Waals surface area contributed by atoms with Gasteiger partial charge in [-0.2, -0.15) is 0 Å². The van der Waals surface area contributed by atoms with E-state index in [1.165, 1.54) is 19.4 Å². The monoisotopic (exact) mass is 227 g/mol. The Bertz CT molecular complexity index is 235. The van der Waals surface area contributed by atoms with Gasteiger partial charge < -0.3 is 4.48 Å². The molecule has 96 valence electrons. The van der Waals surface area contributed by atoms with Crippen molar-refractivity contribution in [3.05, 3.63) is 0 Å². The zero-order valence-corrected chi connectivity index (χ0v) is 12.6. The van der Waals surface area contributed by atoms with Gasteiger partial charge in [0.15, 0.2) is 0 Å². The number of quaternary nitrogens is 1. The first kappa shape index (κ1) is 14.0. The van der Waals surface area contributed by atoms with Crippen LogP contribution in [0.25, 0.3) is 0 Å². The van der Waals surface area contributed by atoms with Crippen LogP contribution in [0.3, 0.4) is 0 Å². The first-order chi connectivity index (χ1) is 7.03. The third-order valence-corrected chi connectivity index (χ3v) is 5.09. The summed E-state index contributed by atoms with van der Waals surface area (Å²) >= 11 is 0. The Hall–Kier alpha value is -0.0800. The van der Waals surface area contributed by atoms with Crippen molar-refractivity contribution in [2.45, 2.75) is 64.6 Å². The van der Waals surface area contributed by atoms with Gasteiger partial charge in [-0.1, -0.05) is 0 Å². The number of likely N-dealkylation sites (tertiary alicyclic amines) is 1. The number of nitrogens with zero attached hydrogens (tertiary/aromatic N) is 2. The van der Waals surface area contributed by atoms with E-state index in [9.17, 15) is 0 Å². The van der Waals surface area contributed by atoms with Crippen molar-refractivity contribution in [3.63, 3.8) is 0 Å². The molecule has 0 bridgehead atoms. The van der Waals surface area contributed by atoms with E-state index in [-0.39, 0.29) is 0 Å². The molecule has 0 unspecified atom stereocenters. The third-order valence-electron chi connectivity index (χ3n) is 5.09. The summed E-state index contributed by atoms with van der Waals surface area (Å²) in [5.41, 5.74) is 0.633. The highest BCUT2D eigenvalue weighted by Gasteiger charge is 2.47. The molecule has 0 aromatic heterocycles. The van der Waals surface area contributed by atoms with Gasteiger partial charge >= 0.3 is 0 Å². The van der Waals surface area contributed by atoms with Gasteiger partial charge in [0.2, 0.25) is 0 Å². The van der Waals surface area contributed by atoms with E-state index < -0.39 is 0 Å². The van der Waals surface area contributed by atoms with Crippen LogP contribution < -0.4 is 0 Å². The molecule has 0 aromatic rings. The molecule has 2 nitrogen and oxygen atoms in total. The van der Waals surface area contributed by atoms with Gasteiger partial charge in [-0.15, -0.1) is 0 Å². The van der Waals surface area contributed by atoms with Gasteiger partial charge in [0.25, 0.3) is 0 Å². The molecule has 1 aliphatic rings. The third kappa shape index (κ3) is 2.43. The molecule has 1 aliphatic heterocycles. The van der Waals surface area contributed by atoms with Crippen LogP contribution in [-0.2, 0) is 0 Å². The fourth-order valence-corrected chi connectivity index (χ4v) is 3.07. The van der Waals surface area contributed by atoms with Crippen molar-refractivity contribution in [3.8, 4) is 0 Å². The molecule has 0 amide bonds. The molecule has 0 aliphatic carbocycles. The van der Waals surface area contributed by atoms with Gasteiger partial charge in [0, 0.05) is 23.9 Å². The Morgan fingerprint density at radius 1 is 1.06 bits per heavy atom. The Morgan fingerprint density at radius 2 is 1.44 bits per heavy atom. The van der Waals surface area contributed by atoms with E-state index in [1.54, 1.807) is 0 Å². The van der Waals surface area contributed by atoms with Gasteiger partial charge in [-0.25, -0.2) is 0 Å². The first-order valence-corrected chi connectivity index (χ1v) is 6.59. The lowest BCUT2D eigenvalue weighted by Crippen LogP contribution is -2.65. The van der Waals surface area contributed by atoms with Crippen LogP contribution in [0.15, 0.2) is 0 Å². The summed E-state index contributed by atoms with van der Waals surface area (Å²) in [4.78, 5) is 2.56. The van der Waals surface area contributed by atoms with Crippen molar-refractivity contribution >= 4 is 0 Å². The molecule has 1 saturated heterocycles. The summed E-state index contributed by atoms with van der Waals surface area (Å²) in [6, 6.07) is 0.784. The molecule has 1 rings (SSSR count). The van der Waals surface area contributed by atoms with Gasteiger partial charge in [-0.3, -0.25) is 4.90 Å². The molecule has 0 radical (unpaired) electrons. The standard InChI is InChI=1S/C14H31N2/c1-9-16(7,8)12-10-13(2,3)15(6)14(4,5)11-12/h12H,9-11H2,1-8H3/q+1. The number of hydrogen-bond donors (Lipinski definition) is 0. The lowest BCUT2D eigenvalue weighted by molar-refractivity contribution is -0.916. The molecule has 16 heavy (non-hydrogen) atoms. The van der Waals surface area contributed by atoms with E-state index in [4.69, 9.17) is 0 Å². The smallest absolute Gasteiger partial charge is 0.0921 e. The highest BCUT2D eigenvalue weighted by molar-refractivity contribution is 4.98. The second-order valence-corrected chi connectivity index (χ2v) is 7.34. The quantitative estimate of drug-likeness (QED) is 0.656. The van der Waals surface area contributed by atoms with Crippen LogP contribution in [0.1, 0.15) is 47.5 Å². The summed E-state index contributed by atoms with van der Waals surface area (Å²) in [7, 11) is 7.03. The van der Waals surface area contributed by atoms with Crippen molar-refractivity contribution in [1.82, 2.24) is 4.90 Å². The predicted molar refractivity (Wildman–Crippen MR) is 71.6 cm³/mol. The van der Waals surface area contributed by atoms with Gasteiger partial charge in [-0.05, 0) is 41.7 Å². The molecule has 0 N–H and O–H groups in total. The minimum absolute atomic E-state index is 0.317. The maximum Gasteiger partial charge on any atom is 0.0921 e. The Morgan fingerprint density at radius 3 is 1.75 bits per heavy atom. The summed E-state index contributed by atoms with van der Waals surface area (Å²) < 4.78 is 1.15. The molecular weight excluding hydrogens is 196 g/mol. The van der Waals surface area contributed by atoms with Crippen molar-refractivity contribution in [1.29, 1.82) is 0 Å². The molecule has 0 aromatic carbocycles. The van der Waals surface area contributed by atoms with Crippen LogP contribution in [0.5, 0.6) is 0 Å². The summed E-state index contributed by atoms with van der Waals surface area (Å²) in [6.45, 7) is 13.1. The minimum atomic E-state index is 0.317. The largest absolute Gasteiger partial charge is 0.326 e. The molecule has 1 fully saturated rings. The van der Waals surface area contributed by atoms with Crippen LogP contribution in [-0.4, -0.2) is 54.2 Å². The highest BCUT2D eigenvalue weighted by atomic mass is 15.4. The van der Waals surface area contributed by atoms with Gasteiger partial charge in [0.05, 0.1) is 26.7 Å². The van der Waals surface area contributed by atoms with E-state index >= 15 is 0 Å². The zero-order chi connectivity index (χ0) is 12.8. The molecule has 0 saturated carbocycles. The lowest BCUT2D eigenvalue weighted by atomic mass is 9.76. The van der Waals surface area contributed by atoms with Crippen LogP contribution in [0.4, 0.5) is 0 Å². The van der Waals surface area contributed by atoms with E-state index in [0.717, 1.165) is 10.5 Å². The van der Waals surface area contributed by atoms with E-state index in [2.05, 4.69) is 60.7 Å². The first-order valence-electron chi connectivity index (χ1n) is 6.59. The normalized spacial score (nSPS) is 27.0.